The van der Waals surface area contributed by atoms with Crippen LogP contribution < -0.4 is 9.64 Å². The molecule has 1 aliphatic heterocycles. The maximum absolute atomic E-state index is 13.7. The average Bonchev–Trinajstić information content (AvgIpc) is 2.60. The van der Waals surface area contributed by atoms with Crippen molar-refractivity contribution in [2.75, 3.05) is 12.0 Å². The third-order valence-corrected chi connectivity index (χ3v) is 5.52. The van der Waals surface area contributed by atoms with Gasteiger partial charge in [0.2, 0.25) is 9.84 Å². The average molecular weight is 417 g/mol. The molecule has 0 N–H and O–H groups in total. The molecule has 0 spiro atoms. The van der Waals surface area contributed by atoms with E-state index in [1.807, 2.05) is 0 Å². The molecule has 0 aliphatic carbocycles. The second kappa shape index (κ2) is 6.82. The number of nitrogens with zero attached hydrogens (tertiary/aromatic N) is 1. The van der Waals surface area contributed by atoms with Gasteiger partial charge in [-0.05, 0) is 42.5 Å². The number of alkyl halides is 3. The number of methoxy groups -OCH3 is 1. The predicted molar refractivity (Wildman–Crippen MR) is 88.9 cm³/mol. The number of hydrogen-bond donors (Lipinski definition) is 0. The minimum Gasteiger partial charge on any atom is -0.465 e. The molecule has 0 atom stereocenters. The van der Waals surface area contributed by atoms with Crippen molar-refractivity contribution in [3.63, 3.8) is 0 Å². The number of rotatable bonds is 3. The first kappa shape index (κ1) is 19.7. The minimum atomic E-state index is -4.88. The second-order valence-electron chi connectivity index (χ2n) is 5.51. The Hall–Kier alpha value is -3.08. The van der Waals surface area contributed by atoms with Crippen LogP contribution in [0, 0.1) is 5.82 Å². The summed E-state index contributed by atoms with van der Waals surface area (Å²) in [6.07, 6.45) is -3.96. The number of halogens is 4. The summed E-state index contributed by atoms with van der Waals surface area (Å²) in [7, 11) is -3.29. The normalized spacial score (nSPS) is 15.5. The maximum atomic E-state index is 13.7. The number of hydrogen-bond acceptors (Lipinski definition) is 6. The van der Waals surface area contributed by atoms with Gasteiger partial charge in [0.05, 0.1) is 17.7 Å². The van der Waals surface area contributed by atoms with Crippen molar-refractivity contribution in [2.45, 2.75) is 11.3 Å². The zero-order valence-electron chi connectivity index (χ0n) is 14.0. The Balaban J connectivity index is 2.13. The van der Waals surface area contributed by atoms with Crippen LogP contribution in [-0.4, -0.2) is 27.9 Å². The van der Waals surface area contributed by atoms with Crippen LogP contribution in [0.5, 0.6) is 5.75 Å². The van der Waals surface area contributed by atoms with Crippen molar-refractivity contribution in [3.05, 3.63) is 59.4 Å². The quantitative estimate of drug-likeness (QED) is 0.431. The van der Waals surface area contributed by atoms with Crippen LogP contribution >= 0.6 is 0 Å². The Morgan fingerprint density at radius 1 is 1.07 bits per heavy atom. The fraction of sp³-hybridized carbons (Fsp3) is 0.118. The highest BCUT2D eigenvalue weighted by Crippen LogP contribution is 2.40. The molecular weight excluding hydrogens is 406 g/mol. The summed E-state index contributed by atoms with van der Waals surface area (Å²) in [6.45, 7) is 0. The van der Waals surface area contributed by atoms with Crippen LogP contribution in [-0.2, 0) is 19.4 Å². The Kier molecular flexibility index (Phi) is 4.79. The summed E-state index contributed by atoms with van der Waals surface area (Å²) in [4.78, 5) is 12.0. The Labute approximate surface area is 156 Å². The van der Waals surface area contributed by atoms with Crippen molar-refractivity contribution < 1.29 is 40.2 Å². The lowest BCUT2D eigenvalue weighted by molar-refractivity contribution is -0.274. The molecule has 2 aromatic rings. The van der Waals surface area contributed by atoms with Gasteiger partial charge in [-0.25, -0.2) is 17.6 Å². The van der Waals surface area contributed by atoms with Gasteiger partial charge in [-0.3, -0.25) is 0 Å². The Morgan fingerprint density at radius 3 is 2.29 bits per heavy atom. The summed E-state index contributed by atoms with van der Waals surface area (Å²) in [5.74, 6) is -2.39. The molecule has 2 aromatic carbocycles. The van der Waals surface area contributed by atoms with Crippen LogP contribution in [0.15, 0.2) is 58.5 Å². The van der Waals surface area contributed by atoms with E-state index in [1.54, 1.807) is 0 Å². The summed E-state index contributed by atoms with van der Waals surface area (Å²) in [6, 6.07) is 7.21. The molecule has 148 valence electrons. The Morgan fingerprint density at radius 2 is 1.71 bits per heavy atom. The molecule has 3 rings (SSSR count). The first-order valence-corrected chi connectivity index (χ1v) is 9.01. The van der Waals surface area contributed by atoms with Crippen LogP contribution in [0.4, 0.5) is 28.9 Å². The van der Waals surface area contributed by atoms with Crippen LogP contribution in [0.1, 0.15) is 0 Å². The van der Waals surface area contributed by atoms with Gasteiger partial charge in [0.25, 0.3) is 0 Å². The monoisotopic (exact) mass is 417 g/mol. The van der Waals surface area contributed by atoms with Crippen molar-refractivity contribution >= 4 is 27.2 Å². The van der Waals surface area contributed by atoms with E-state index in [0.29, 0.717) is 0 Å². The van der Waals surface area contributed by atoms with E-state index in [-0.39, 0.29) is 16.3 Å². The molecule has 0 aromatic heterocycles. The zero-order valence-corrected chi connectivity index (χ0v) is 14.8. The number of anilines is 2. The first-order chi connectivity index (χ1) is 13.0. The molecule has 0 saturated heterocycles. The van der Waals surface area contributed by atoms with E-state index in [1.165, 1.54) is 12.1 Å². The van der Waals surface area contributed by atoms with Gasteiger partial charge >= 0.3 is 12.3 Å². The fourth-order valence-electron chi connectivity index (χ4n) is 2.57. The van der Waals surface area contributed by atoms with Crippen molar-refractivity contribution in [1.82, 2.24) is 0 Å². The summed E-state index contributed by atoms with van der Waals surface area (Å²) >= 11 is 0. The molecule has 0 saturated carbocycles. The van der Waals surface area contributed by atoms with Gasteiger partial charge in [-0.15, -0.1) is 13.2 Å². The van der Waals surface area contributed by atoms with Crippen LogP contribution in [0.2, 0.25) is 0 Å². The number of carbonyl (C=O) groups excluding carboxylic acids is 1. The molecular formula is C17H11F4NO5S. The lowest BCUT2D eigenvalue weighted by Gasteiger charge is -2.28. The van der Waals surface area contributed by atoms with E-state index in [2.05, 4.69) is 9.47 Å². The van der Waals surface area contributed by atoms with Gasteiger partial charge in [-0.2, -0.15) is 0 Å². The number of esters is 1. The molecule has 11 heteroatoms. The van der Waals surface area contributed by atoms with Gasteiger partial charge in [-0.1, -0.05) is 0 Å². The van der Waals surface area contributed by atoms with E-state index in [9.17, 15) is 30.8 Å². The van der Waals surface area contributed by atoms with Crippen molar-refractivity contribution in [1.29, 1.82) is 0 Å². The van der Waals surface area contributed by atoms with Gasteiger partial charge < -0.3 is 14.4 Å². The van der Waals surface area contributed by atoms with E-state index in [0.717, 1.165) is 48.5 Å². The second-order valence-corrected chi connectivity index (χ2v) is 7.40. The highest BCUT2D eigenvalue weighted by atomic mass is 32.2. The van der Waals surface area contributed by atoms with Gasteiger partial charge in [0.15, 0.2) is 4.91 Å². The standard InChI is InChI=1S/C17H11F4NO5S/c1-26-16(23)15-9-22(11-3-5-12(6-4-11)27-17(19,20)21)13-8-10(18)2-7-14(13)28(15,24)25/h2-9H,1H3. The summed E-state index contributed by atoms with van der Waals surface area (Å²) < 4.78 is 84.2. The largest absolute Gasteiger partial charge is 0.573 e. The minimum absolute atomic E-state index is 0.114. The lowest BCUT2D eigenvalue weighted by Crippen LogP contribution is -2.26. The topological polar surface area (TPSA) is 72.9 Å². The predicted octanol–water partition coefficient (Wildman–Crippen LogP) is 3.66. The zero-order chi connectivity index (χ0) is 20.7. The number of sulfone groups is 1. The lowest BCUT2D eigenvalue weighted by atomic mass is 10.2. The van der Waals surface area contributed by atoms with Gasteiger partial charge in [0, 0.05) is 11.9 Å². The molecule has 6 nitrogen and oxygen atoms in total. The van der Waals surface area contributed by atoms with Crippen molar-refractivity contribution in [3.8, 4) is 5.75 Å². The Bertz CT molecular complexity index is 1060. The van der Waals surface area contributed by atoms with Gasteiger partial charge in [0.1, 0.15) is 11.6 Å². The van der Waals surface area contributed by atoms with E-state index < -0.39 is 38.6 Å². The molecule has 0 bridgehead atoms. The SMILES string of the molecule is COC(=O)C1=CN(c2ccc(OC(F)(F)F)cc2)c2cc(F)ccc2S1(=O)=O. The molecule has 28 heavy (non-hydrogen) atoms. The third kappa shape index (κ3) is 3.65. The highest BCUT2D eigenvalue weighted by molar-refractivity contribution is 7.96. The molecule has 1 heterocycles. The molecule has 1 aliphatic rings. The molecule has 0 radical (unpaired) electrons. The first-order valence-electron chi connectivity index (χ1n) is 7.53. The molecule has 0 unspecified atom stereocenters. The fourth-order valence-corrected chi connectivity index (χ4v) is 4.03. The van der Waals surface area contributed by atoms with Crippen LogP contribution in [0.3, 0.4) is 0 Å². The number of fused-ring (bicyclic) bond motifs is 1. The van der Waals surface area contributed by atoms with Crippen LogP contribution in [0.25, 0.3) is 0 Å². The number of carbonyl (C=O) groups is 1. The van der Waals surface area contributed by atoms with E-state index >= 15 is 0 Å². The molecule has 0 fully saturated rings. The number of benzene rings is 2. The summed E-state index contributed by atoms with van der Waals surface area (Å²) in [5.41, 5.74) is 0.0508. The van der Waals surface area contributed by atoms with E-state index in [4.69, 9.17) is 0 Å². The summed E-state index contributed by atoms with van der Waals surface area (Å²) in [5, 5.41) is 0. The van der Waals surface area contributed by atoms with Crippen molar-refractivity contribution in [2.24, 2.45) is 0 Å². The smallest absolute Gasteiger partial charge is 0.465 e. The number of ether oxygens (including phenoxy) is 2. The third-order valence-electron chi connectivity index (χ3n) is 3.74. The molecule has 0 amide bonds. The maximum Gasteiger partial charge on any atom is 0.573 e. The highest BCUT2D eigenvalue weighted by Gasteiger charge is 2.37.